The van der Waals surface area contributed by atoms with Gasteiger partial charge in [0.15, 0.2) is 0 Å². The summed E-state index contributed by atoms with van der Waals surface area (Å²) < 4.78 is 10.0. The van der Waals surface area contributed by atoms with Crippen LogP contribution in [0.25, 0.3) is 0 Å². The monoisotopic (exact) mass is 335 g/mol. The minimum absolute atomic E-state index is 0.0194. The van der Waals surface area contributed by atoms with Crippen LogP contribution in [0.4, 0.5) is 10.5 Å². The summed E-state index contributed by atoms with van der Waals surface area (Å²) in [4.78, 5) is 26.2. The van der Waals surface area contributed by atoms with Crippen molar-refractivity contribution in [3.05, 3.63) is 24.3 Å². The van der Waals surface area contributed by atoms with Crippen LogP contribution >= 0.6 is 0 Å². The molecule has 0 radical (unpaired) electrons. The van der Waals surface area contributed by atoms with E-state index in [0.717, 1.165) is 18.6 Å². The molecule has 24 heavy (non-hydrogen) atoms. The van der Waals surface area contributed by atoms with Gasteiger partial charge in [-0.2, -0.15) is 0 Å². The van der Waals surface area contributed by atoms with E-state index in [9.17, 15) is 9.59 Å². The summed E-state index contributed by atoms with van der Waals surface area (Å²) in [6.45, 7) is 2.06. The van der Waals surface area contributed by atoms with Crippen molar-refractivity contribution >= 4 is 17.6 Å². The minimum Gasteiger partial charge on any atom is -0.497 e. The number of rotatable bonds is 6. The summed E-state index contributed by atoms with van der Waals surface area (Å²) in [5.74, 6) is 0.546. The number of nitrogens with zero attached hydrogens (tertiary/aromatic N) is 1. The highest BCUT2D eigenvalue weighted by Crippen LogP contribution is 2.19. The quantitative estimate of drug-likeness (QED) is 0.776. The molecule has 2 N–H and O–H groups in total. The smallest absolute Gasteiger partial charge is 0.321 e. The number of carbonyl (C=O) groups is 2. The molecule has 1 saturated heterocycles. The topological polar surface area (TPSA) is 79.9 Å². The van der Waals surface area contributed by atoms with Crippen LogP contribution in [0.1, 0.15) is 12.8 Å². The summed E-state index contributed by atoms with van der Waals surface area (Å²) in [6, 6.07) is 6.97. The van der Waals surface area contributed by atoms with E-state index in [1.807, 2.05) is 0 Å². The molecule has 1 fully saturated rings. The molecule has 1 atom stereocenters. The Morgan fingerprint density at radius 2 is 2.00 bits per heavy atom. The van der Waals surface area contributed by atoms with Crippen LogP contribution in [0.2, 0.25) is 0 Å². The van der Waals surface area contributed by atoms with Crippen LogP contribution in [0, 0.1) is 5.92 Å². The van der Waals surface area contributed by atoms with Crippen LogP contribution in [-0.2, 0) is 9.53 Å². The molecule has 0 bridgehead atoms. The molecule has 3 amide bonds. The first kappa shape index (κ1) is 18.1. The van der Waals surface area contributed by atoms with Crippen molar-refractivity contribution in [2.75, 3.05) is 45.8 Å². The second kappa shape index (κ2) is 9.12. The standard InChI is InChI=1S/C17H25N3O4/c1-23-11-9-18-16(21)13-4-3-10-20(12-13)17(22)19-14-5-7-15(24-2)8-6-14/h5-8,13H,3-4,9-12H2,1-2H3,(H,18,21)(H,19,22). The highest BCUT2D eigenvalue weighted by Gasteiger charge is 2.28. The van der Waals surface area contributed by atoms with Crippen LogP contribution < -0.4 is 15.4 Å². The Balaban J connectivity index is 1.86. The number of hydrogen-bond donors (Lipinski definition) is 2. The Bertz CT molecular complexity index is 547. The first-order chi connectivity index (χ1) is 11.6. The van der Waals surface area contributed by atoms with Gasteiger partial charge in [0.25, 0.3) is 0 Å². The van der Waals surface area contributed by atoms with E-state index >= 15 is 0 Å². The minimum atomic E-state index is -0.186. The van der Waals surface area contributed by atoms with Gasteiger partial charge in [-0.3, -0.25) is 4.79 Å². The normalized spacial score (nSPS) is 17.2. The molecule has 0 aromatic heterocycles. The van der Waals surface area contributed by atoms with E-state index in [4.69, 9.17) is 9.47 Å². The largest absolute Gasteiger partial charge is 0.497 e. The molecular weight excluding hydrogens is 310 g/mol. The molecule has 7 heteroatoms. The fourth-order valence-electron chi connectivity index (χ4n) is 2.67. The van der Waals surface area contributed by atoms with E-state index in [-0.39, 0.29) is 17.9 Å². The lowest BCUT2D eigenvalue weighted by atomic mass is 9.97. The van der Waals surface area contributed by atoms with Gasteiger partial charge in [-0.15, -0.1) is 0 Å². The fraction of sp³-hybridized carbons (Fsp3) is 0.529. The predicted octanol–water partition coefficient (Wildman–Crippen LogP) is 1.70. The molecule has 1 aliphatic heterocycles. The van der Waals surface area contributed by atoms with E-state index < -0.39 is 0 Å². The maximum atomic E-state index is 12.4. The molecule has 0 aliphatic carbocycles. The predicted molar refractivity (Wildman–Crippen MR) is 91.2 cm³/mol. The zero-order chi connectivity index (χ0) is 17.4. The van der Waals surface area contributed by atoms with Crippen molar-refractivity contribution in [2.45, 2.75) is 12.8 Å². The summed E-state index contributed by atoms with van der Waals surface area (Å²) >= 11 is 0. The molecule has 1 aromatic carbocycles. The van der Waals surface area contributed by atoms with Crippen LogP contribution in [0.5, 0.6) is 5.75 Å². The van der Waals surface area contributed by atoms with Gasteiger partial charge >= 0.3 is 6.03 Å². The Morgan fingerprint density at radius 1 is 1.25 bits per heavy atom. The number of nitrogens with one attached hydrogen (secondary N) is 2. The van der Waals surface area contributed by atoms with Crippen LogP contribution in [-0.4, -0.2) is 57.3 Å². The number of carbonyl (C=O) groups excluding carboxylic acids is 2. The van der Waals surface area contributed by atoms with Crippen molar-refractivity contribution < 1.29 is 19.1 Å². The van der Waals surface area contributed by atoms with Gasteiger partial charge in [-0.05, 0) is 37.1 Å². The lowest BCUT2D eigenvalue weighted by molar-refractivity contribution is -0.126. The number of likely N-dealkylation sites (tertiary alicyclic amines) is 1. The highest BCUT2D eigenvalue weighted by molar-refractivity contribution is 5.90. The molecule has 132 valence electrons. The molecule has 2 rings (SSSR count). The average Bonchev–Trinajstić information content (AvgIpc) is 2.62. The van der Waals surface area contributed by atoms with Crippen LogP contribution in [0.3, 0.4) is 0 Å². The van der Waals surface area contributed by atoms with Gasteiger partial charge in [0, 0.05) is 32.4 Å². The summed E-state index contributed by atoms with van der Waals surface area (Å²) in [5.41, 5.74) is 0.701. The van der Waals surface area contributed by atoms with Gasteiger partial charge in [0.1, 0.15) is 5.75 Å². The Kier molecular flexibility index (Phi) is 6.87. The maximum absolute atomic E-state index is 12.4. The third kappa shape index (κ3) is 5.13. The molecule has 1 aromatic rings. The lowest BCUT2D eigenvalue weighted by Gasteiger charge is -2.32. The number of urea groups is 1. The van der Waals surface area contributed by atoms with E-state index in [2.05, 4.69) is 10.6 Å². The fourth-order valence-corrected chi connectivity index (χ4v) is 2.67. The number of methoxy groups -OCH3 is 2. The van der Waals surface area contributed by atoms with Gasteiger partial charge in [0.2, 0.25) is 5.91 Å². The average molecular weight is 335 g/mol. The van der Waals surface area contributed by atoms with Crippen molar-refractivity contribution in [1.29, 1.82) is 0 Å². The number of hydrogen-bond acceptors (Lipinski definition) is 4. The second-order valence-electron chi connectivity index (χ2n) is 5.73. The highest BCUT2D eigenvalue weighted by atomic mass is 16.5. The first-order valence-electron chi connectivity index (χ1n) is 8.10. The molecule has 1 unspecified atom stereocenters. The molecule has 7 nitrogen and oxygen atoms in total. The Morgan fingerprint density at radius 3 is 2.67 bits per heavy atom. The lowest BCUT2D eigenvalue weighted by Crippen LogP contribution is -2.47. The van der Waals surface area contributed by atoms with Crippen molar-refractivity contribution in [2.24, 2.45) is 5.92 Å². The van der Waals surface area contributed by atoms with Crippen molar-refractivity contribution in [3.8, 4) is 5.75 Å². The third-order valence-corrected chi connectivity index (χ3v) is 4.03. The van der Waals surface area contributed by atoms with Crippen molar-refractivity contribution in [1.82, 2.24) is 10.2 Å². The maximum Gasteiger partial charge on any atom is 0.321 e. The van der Waals surface area contributed by atoms with Crippen LogP contribution in [0.15, 0.2) is 24.3 Å². The Labute approximate surface area is 142 Å². The number of ether oxygens (including phenoxy) is 2. The van der Waals surface area contributed by atoms with Gasteiger partial charge in [-0.25, -0.2) is 4.79 Å². The Hall–Kier alpha value is -2.28. The van der Waals surface area contributed by atoms with Gasteiger partial charge < -0.3 is 25.0 Å². The first-order valence-corrected chi connectivity index (χ1v) is 8.10. The number of amides is 3. The summed E-state index contributed by atoms with van der Waals surface area (Å²) in [6.07, 6.45) is 1.61. The molecular formula is C17H25N3O4. The van der Waals surface area contributed by atoms with Crippen molar-refractivity contribution in [3.63, 3.8) is 0 Å². The van der Waals surface area contributed by atoms with E-state index in [1.54, 1.807) is 43.4 Å². The number of piperidine rings is 1. The number of anilines is 1. The zero-order valence-electron chi connectivity index (χ0n) is 14.2. The third-order valence-electron chi connectivity index (χ3n) is 4.03. The molecule has 1 aliphatic rings. The van der Waals surface area contributed by atoms with Gasteiger partial charge in [0.05, 0.1) is 19.6 Å². The molecule has 0 saturated carbocycles. The second-order valence-corrected chi connectivity index (χ2v) is 5.73. The van der Waals surface area contributed by atoms with E-state index in [0.29, 0.717) is 31.9 Å². The SMILES string of the molecule is COCCNC(=O)C1CCCN(C(=O)Nc2ccc(OC)cc2)C1. The summed E-state index contributed by atoms with van der Waals surface area (Å²) in [5, 5.41) is 5.69. The van der Waals surface area contributed by atoms with E-state index in [1.165, 1.54) is 0 Å². The molecule has 0 spiro atoms. The molecule has 1 heterocycles. The van der Waals surface area contributed by atoms with Gasteiger partial charge in [-0.1, -0.05) is 0 Å². The summed E-state index contributed by atoms with van der Waals surface area (Å²) in [7, 11) is 3.19. The zero-order valence-corrected chi connectivity index (χ0v) is 14.2. The number of benzene rings is 1.